The van der Waals surface area contributed by atoms with Crippen LogP contribution in [0.5, 0.6) is 0 Å². The predicted molar refractivity (Wildman–Crippen MR) is 47.4 cm³/mol. The zero-order chi connectivity index (χ0) is 9.68. The summed E-state index contributed by atoms with van der Waals surface area (Å²) in [6.45, 7) is 0. The van der Waals surface area contributed by atoms with E-state index < -0.39 is 0 Å². The molecule has 70 valence electrons. The van der Waals surface area contributed by atoms with Gasteiger partial charge in [0, 0.05) is 19.3 Å². The van der Waals surface area contributed by atoms with Crippen LogP contribution >= 0.6 is 0 Å². The number of aromatic nitrogens is 2. The van der Waals surface area contributed by atoms with Gasteiger partial charge in [0.25, 0.3) is 5.91 Å². The van der Waals surface area contributed by atoms with Gasteiger partial charge in [0.1, 0.15) is 0 Å². The Morgan fingerprint density at radius 1 is 1.77 bits per heavy atom. The third-order valence-electron chi connectivity index (χ3n) is 1.47. The van der Waals surface area contributed by atoms with Crippen LogP contribution in [0.4, 0.5) is 0 Å². The minimum atomic E-state index is -0.302. The molecule has 1 aromatic rings. The summed E-state index contributed by atoms with van der Waals surface area (Å²) in [4.78, 5) is 15.3. The Morgan fingerprint density at radius 2 is 2.54 bits per heavy atom. The first-order valence-electron chi connectivity index (χ1n) is 3.73. The van der Waals surface area contributed by atoms with Gasteiger partial charge < -0.3 is 0 Å². The van der Waals surface area contributed by atoms with E-state index >= 15 is 0 Å². The molecule has 1 rings (SSSR count). The van der Waals surface area contributed by atoms with Crippen LogP contribution in [0.1, 0.15) is 5.69 Å². The van der Waals surface area contributed by atoms with Crippen molar-refractivity contribution in [2.75, 3.05) is 7.11 Å². The van der Waals surface area contributed by atoms with Crippen LogP contribution in [0, 0.1) is 0 Å². The highest BCUT2D eigenvalue weighted by Gasteiger charge is 1.94. The van der Waals surface area contributed by atoms with Crippen LogP contribution < -0.4 is 5.48 Å². The van der Waals surface area contributed by atoms with Gasteiger partial charge in [-0.3, -0.25) is 14.3 Å². The Balaban J connectivity index is 2.58. The SMILES string of the molecule is CONC(=O)/C=C/c1ccnn1C. The first-order chi connectivity index (χ1) is 6.24. The van der Waals surface area contributed by atoms with Crippen molar-refractivity contribution in [3.8, 4) is 0 Å². The fourth-order valence-corrected chi connectivity index (χ4v) is 0.843. The lowest BCUT2D eigenvalue weighted by atomic mass is 10.4. The number of nitrogens with zero attached hydrogens (tertiary/aromatic N) is 2. The van der Waals surface area contributed by atoms with E-state index in [1.807, 2.05) is 0 Å². The maximum atomic E-state index is 10.9. The summed E-state index contributed by atoms with van der Waals surface area (Å²) < 4.78 is 1.66. The third kappa shape index (κ3) is 2.72. The number of hydrogen-bond donors (Lipinski definition) is 1. The van der Waals surface area contributed by atoms with Crippen LogP contribution in [0.15, 0.2) is 18.3 Å². The number of carbonyl (C=O) groups is 1. The second-order valence-corrected chi connectivity index (χ2v) is 2.38. The number of hydrogen-bond acceptors (Lipinski definition) is 3. The van der Waals surface area contributed by atoms with E-state index in [9.17, 15) is 4.79 Å². The Morgan fingerprint density at radius 3 is 3.08 bits per heavy atom. The lowest BCUT2D eigenvalue weighted by Crippen LogP contribution is -2.18. The van der Waals surface area contributed by atoms with E-state index in [0.717, 1.165) is 5.69 Å². The average molecular weight is 181 g/mol. The largest absolute Gasteiger partial charge is 0.277 e. The molecule has 13 heavy (non-hydrogen) atoms. The van der Waals surface area contributed by atoms with Crippen LogP contribution in [0.2, 0.25) is 0 Å². The minimum Gasteiger partial charge on any atom is -0.277 e. The molecular weight excluding hydrogens is 170 g/mol. The van der Waals surface area contributed by atoms with Crippen molar-refractivity contribution < 1.29 is 9.63 Å². The normalized spacial score (nSPS) is 10.6. The summed E-state index contributed by atoms with van der Waals surface area (Å²) >= 11 is 0. The summed E-state index contributed by atoms with van der Waals surface area (Å²) in [6, 6.07) is 1.80. The van der Waals surface area contributed by atoms with Crippen LogP contribution in [0.25, 0.3) is 6.08 Å². The Labute approximate surface area is 76.0 Å². The maximum absolute atomic E-state index is 10.9. The molecule has 0 aliphatic heterocycles. The molecule has 5 heteroatoms. The molecule has 0 unspecified atom stereocenters. The number of carbonyl (C=O) groups excluding carboxylic acids is 1. The first-order valence-corrected chi connectivity index (χ1v) is 3.73. The molecule has 0 fully saturated rings. The van der Waals surface area contributed by atoms with E-state index in [0.29, 0.717) is 0 Å². The third-order valence-corrected chi connectivity index (χ3v) is 1.47. The molecule has 1 aromatic heterocycles. The average Bonchev–Trinajstić information content (AvgIpc) is 2.48. The minimum absolute atomic E-state index is 0.302. The first kappa shape index (κ1) is 9.47. The molecule has 0 bridgehead atoms. The second kappa shape index (κ2) is 4.42. The fourth-order valence-electron chi connectivity index (χ4n) is 0.843. The van der Waals surface area contributed by atoms with Crippen molar-refractivity contribution in [3.05, 3.63) is 24.0 Å². The van der Waals surface area contributed by atoms with Gasteiger partial charge in [0.15, 0.2) is 0 Å². The van der Waals surface area contributed by atoms with Crippen molar-refractivity contribution in [3.63, 3.8) is 0 Å². The summed E-state index contributed by atoms with van der Waals surface area (Å²) in [6.07, 6.45) is 4.69. The highest BCUT2D eigenvalue weighted by atomic mass is 16.6. The highest BCUT2D eigenvalue weighted by molar-refractivity contribution is 5.90. The van der Waals surface area contributed by atoms with Crippen LogP contribution in [-0.2, 0) is 16.7 Å². The van der Waals surface area contributed by atoms with E-state index in [4.69, 9.17) is 0 Å². The second-order valence-electron chi connectivity index (χ2n) is 2.38. The fraction of sp³-hybridized carbons (Fsp3) is 0.250. The molecule has 1 amide bonds. The van der Waals surface area contributed by atoms with Gasteiger partial charge in [-0.25, -0.2) is 5.48 Å². The molecule has 0 aliphatic carbocycles. The lowest BCUT2D eigenvalue weighted by Gasteiger charge is -1.95. The maximum Gasteiger partial charge on any atom is 0.267 e. The lowest BCUT2D eigenvalue weighted by molar-refractivity contribution is -0.126. The van der Waals surface area contributed by atoms with Crippen molar-refractivity contribution in [2.24, 2.45) is 7.05 Å². The Kier molecular flexibility index (Phi) is 3.22. The molecular formula is C8H11N3O2. The summed E-state index contributed by atoms with van der Waals surface area (Å²) in [5, 5.41) is 3.94. The number of amides is 1. The summed E-state index contributed by atoms with van der Waals surface area (Å²) in [5.41, 5.74) is 3.03. The Hall–Kier alpha value is -1.62. The van der Waals surface area contributed by atoms with E-state index in [2.05, 4.69) is 15.4 Å². The number of nitrogens with one attached hydrogen (secondary N) is 1. The highest BCUT2D eigenvalue weighted by Crippen LogP contribution is 1.98. The van der Waals surface area contributed by atoms with Crippen LogP contribution in [-0.4, -0.2) is 22.8 Å². The Bertz CT molecular complexity index is 317. The smallest absolute Gasteiger partial charge is 0.267 e. The van der Waals surface area contributed by atoms with Gasteiger partial charge in [-0.05, 0) is 12.1 Å². The van der Waals surface area contributed by atoms with Gasteiger partial charge in [-0.2, -0.15) is 5.10 Å². The van der Waals surface area contributed by atoms with E-state index in [-0.39, 0.29) is 5.91 Å². The predicted octanol–water partition coefficient (Wildman–Crippen LogP) is 0.111. The van der Waals surface area contributed by atoms with Crippen molar-refractivity contribution in [2.45, 2.75) is 0 Å². The van der Waals surface area contributed by atoms with Gasteiger partial charge in [0.05, 0.1) is 12.8 Å². The molecule has 0 spiro atoms. The molecule has 1 heterocycles. The van der Waals surface area contributed by atoms with Crippen LogP contribution in [0.3, 0.4) is 0 Å². The molecule has 5 nitrogen and oxygen atoms in total. The van der Waals surface area contributed by atoms with Gasteiger partial charge in [-0.1, -0.05) is 0 Å². The molecule has 1 N–H and O–H groups in total. The number of aryl methyl sites for hydroxylation is 1. The zero-order valence-corrected chi connectivity index (χ0v) is 7.52. The quantitative estimate of drug-likeness (QED) is 0.532. The monoisotopic (exact) mass is 181 g/mol. The topological polar surface area (TPSA) is 56.1 Å². The molecule has 0 atom stereocenters. The molecule has 0 aromatic carbocycles. The standard InChI is InChI=1S/C8H11N3O2/c1-11-7(5-6-9-11)3-4-8(12)10-13-2/h3-6H,1-2H3,(H,10,12)/b4-3+. The molecule has 0 aliphatic rings. The number of hydroxylamine groups is 1. The molecule has 0 radical (unpaired) electrons. The summed E-state index contributed by atoms with van der Waals surface area (Å²) in [7, 11) is 3.18. The van der Waals surface area contributed by atoms with Crippen molar-refractivity contribution in [1.82, 2.24) is 15.3 Å². The van der Waals surface area contributed by atoms with E-state index in [1.165, 1.54) is 13.2 Å². The summed E-state index contributed by atoms with van der Waals surface area (Å²) in [5.74, 6) is -0.302. The molecule has 0 saturated heterocycles. The van der Waals surface area contributed by atoms with Gasteiger partial charge in [-0.15, -0.1) is 0 Å². The van der Waals surface area contributed by atoms with Crippen molar-refractivity contribution in [1.29, 1.82) is 0 Å². The van der Waals surface area contributed by atoms with Gasteiger partial charge in [0.2, 0.25) is 0 Å². The van der Waals surface area contributed by atoms with Gasteiger partial charge >= 0.3 is 0 Å². The van der Waals surface area contributed by atoms with E-state index in [1.54, 1.807) is 30.1 Å². The van der Waals surface area contributed by atoms with Crippen molar-refractivity contribution >= 4 is 12.0 Å². The number of rotatable bonds is 3. The molecule has 0 saturated carbocycles. The zero-order valence-electron chi connectivity index (χ0n) is 7.52.